The Balaban J connectivity index is 1.49. The third-order valence-corrected chi connectivity index (χ3v) is 14.9. The number of fused-ring (bicyclic) bond motifs is 10. The fourth-order valence-corrected chi connectivity index (χ4v) is 11.0. The summed E-state index contributed by atoms with van der Waals surface area (Å²) in [5, 5.41) is 10.1. The van der Waals surface area contributed by atoms with Crippen molar-refractivity contribution < 1.29 is 0 Å². The maximum atomic E-state index is 5.33. The summed E-state index contributed by atoms with van der Waals surface area (Å²) in [5.41, 5.74) is 2.36. The van der Waals surface area contributed by atoms with E-state index in [1.807, 2.05) is 0 Å². The van der Waals surface area contributed by atoms with E-state index in [-0.39, 0.29) is 0 Å². The van der Waals surface area contributed by atoms with Crippen molar-refractivity contribution in [3.05, 3.63) is 140 Å². The summed E-state index contributed by atoms with van der Waals surface area (Å²) in [6.45, 7) is 0. The number of hydrogen-bond donors (Lipinski definition) is 0. The fourth-order valence-electron chi connectivity index (χ4n) is 6.04. The third kappa shape index (κ3) is 3.35. The zero-order valence-electron chi connectivity index (χ0n) is 21.0. The zero-order valence-corrected chi connectivity index (χ0v) is 23.6. The van der Waals surface area contributed by atoms with Gasteiger partial charge in [-0.3, -0.25) is 0 Å². The summed E-state index contributed by atoms with van der Waals surface area (Å²) >= 11 is 3.69. The van der Waals surface area contributed by atoms with Crippen LogP contribution in [0.15, 0.2) is 140 Å². The SMILES string of the molecule is [Se]=P(c1ccccc1)(c1ccccc1)c1ccc2c(c1)nc1c3ccc4ccccc4c3c3ccccc3n21. The van der Waals surface area contributed by atoms with E-state index in [0.717, 1.165) is 16.7 Å². The van der Waals surface area contributed by atoms with Crippen molar-refractivity contribution in [2.24, 2.45) is 0 Å². The van der Waals surface area contributed by atoms with E-state index in [2.05, 4.69) is 159 Å². The van der Waals surface area contributed by atoms with E-state index in [9.17, 15) is 0 Å². The zero-order chi connectivity index (χ0) is 26.0. The second-order valence-corrected chi connectivity index (χ2v) is 16.2. The monoisotopic (exact) mass is 582 g/mol. The molecule has 2 nitrogen and oxygen atoms in total. The molecule has 184 valence electrons. The molecule has 0 radical (unpaired) electrons. The Bertz CT molecular complexity index is 2210. The Kier molecular flexibility index (Phi) is 5.15. The maximum absolute atomic E-state index is 5.33. The molecule has 0 N–H and O–H groups in total. The van der Waals surface area contributed by atoms with Gasteiger partial charge in [-0.15, -0.1) is 0 Å². The summed E-state index contributed by atoms with van der Waals surface area (Å²) in [5.74, 6) is 0. The summed E-state index contributed by atoms with van der Waals surface area (Å²) < 4.78 is 2.34. The average Bonchev–Trinajstić information content (AvgIpc) is 3.40. The quantitative estimate of drug-likeness (QED) is 0.121. The van der Waals surface area contributed by atoms with Crippen molar-refractivity contribution in [2.45, 2.75) is 0 Å². The summed E-state index contributed by atoms with van der Waals surface area (Å²) in [7, 11) is 0. The first-order valence-corrected chi connectivity index (χ1v) is 17.1. The molecule has 2 heterocycles. The molecular weight excluding hydrogens is 558 g/mol. The average molecular weight is 582 g/mol. The molecule has 0 amide bonds. The van der Waals surface area contributed by atoms with Crippen LogP contribution in [-0.2, 0) is 0 Å². The molecule has 6 aromatic carbocycles. The van der Waals surface area contributed by atoms with Crippen LogP contribution in [0.4, 0.5) is 0 Å². The van der Waals surface area contributed by atoms with E-state index in [1.165, 1.54) is 48.4 Å². The fraction of sp³-hybridized carbons (Fsp3) is 0. The number of benzene rings is 6. The molecule has 0 aliphatic rings. The molecule has 0 aliphatic heterocycles. The van der Waals surface area contributed by atoms with Crippen molar-refractivity contribution >= 4 is 85.6 Å². The Hall–Kier alpha value is -4.00. The van der Waals surface area contributed by atoms with Crippen LogP contribution in [0, 0.1) is 0 Å². The van der Waals surface area contributed by atoms with Gasteiger partial charge >= 0.3 is 235 Å². The van der Waals surface area contributed by atoms with Crippen LogP contribution >= 0.6 is 5.51 Å². The molecule has 0 saturated heterocycles. The Morgan fingerprint density at radius 2 is 1.15 bits per heavy atom. The van der Waals surface area contributed by atoms with E-state index >= 15 is 0 Å². The number of imidazole rings is 1. The van der Waals surface area contributed by atoms with Crippen LogP contribution in [0.1, 0.15) is 0 Å². The van der Waals surface area contributed by atoms with Gasteiger partial charge in [-0.25, -0.2) is 0 Å². The molecule has 39 heavy (non-hydrogen) atoms. The molecular formula is C35H23N2PSe. The first-order chi connectivity index (χ1) is 19.2. The van der Waals surface area contributed by atoms with Crippen molar-refractivity contribution in [1.29, 1.82) is 0 Å². The van der Waals surface area contributed by atoms with Crippen LogP contribution in [-0.4, -0.2) is 24.5 Å². The standard InChI is InChI=1S/C35H23N2PSe/c39-38(25-12-3-1-4-13-25,26-14-5-2-6-15-26)27-20-22-33-31(23-27)36-35-30-21-19-24-11-7-8-16-28(24)34(30)29-17-9-10-18-32(29)37(33)35/h1-23H. The molecule has 8 aromatic rings. The van der Waals surface area contributed by atoms with Gasteiger partial charge in [-0.2, -0.15) is 0 Å². The number of aromatic nitrogens is 2. The van der Waals surface area contributed by atoms with Gasteiger partial charge in [-0.1, -0.05) is 0 Å². The number of nitrogens with zero attached hydrogens (tertiary/aromatic N) is 2. The van der Waals surface area contributed by atoms with Crippen LogP contribution < -0.4 is 15.9 Å². The molecule has 0 saturated carbocycles. The second-order valence-electron chi connectivity index (χ2n) is 9.95. The van der Waals surface area contributed by atoms with Crippen molar-refractivity contribution in [3.63, 3.8) is 0 Å². The Morgan fingerprint density at radius 1 is 0.513 bits per heavy atom. The summed E-state index contributed by atoms with van der Waals surface area (Å²) in [6, 6.07) is 50.4. The molecule has 0 atom stereocenters. The van der Waals surface area contributed by atoms with Crippen LogP contribution in [0.5, 0.6) is 0 Å². The summed E-state index contributed by atoms with van der Waals surface area (Å²) in [4.78, 5) is 5.33. The predicted octanol–water partition coefficient (Wildman–Crippen LogP) is 7.32. The Labute approximate surface area is 233 Å². The summed E-state index contributed by atoms with van der Waals surface area (Å²) in [6.07, 6.45) is 0. The number of para-hydroxylation sites is 1. The molecule has 0 unspecified atom stereocenters. The minimum absolute atomic E-state index is 1.00. The van der Waals surface area contributed by atoms with Gasteiger partial charge in [0.2, 0.25) is 0 Å². The van der Waals surface area contributed by atoms with Crippen LogP contribution in [0.25, 0.3) is 49.1 Å². The van der Waals surface area contributed by atoms with Gasteiger partial charge in [-0.05, 0) is 0 Å². The molecule has 4 heteroatoms. The van der Waals surface area contributed by atoms with Gasteiger partial charge < -0.3 is 0 Å². The van der Waals surface area contributed by atoms with Crippen molar-refractivity contribution in [2.75, 3.05) is 0 Å². The topological polar surface area (TPSA) is 17.3 Å². The first-order valence-electron chi connectivity index (χ1n) is 13.1. The Morgan fingerprint density at radius 3 is 1.90 bits per heavy atom. The number of pyridine rings is 1. The van der Waals surface area contributed by atoms with Gasteiger partial charge in [0.05, 0.1) is 0 Å². The number of hydrogen-bond acceptors (Lipinski definition) is 1. The van der Waals surface area contributed by atoms with Crippen LogP contribution in [0.2, 0.25) is 0 Å². The normalized spacial score (nSPS) is 12.2. The van der Waals surface area contributed by atoms with Gasteiger partial charge in [0, 0.05) is 0 Å². The molecule has 2 aromatic heterocycles. The molecule has 0 bridgehead atoms. The first kappa shape index (κ1) is 22.9. The van der Waals surface area contributed by atoms with Gasteiger partial charge in [0.15, 0.2) is 0 Å². The van der Waals surface area contributed by atoms with E-state index in [0.29, 0.717) is 0 Å². The molecule has 0 aliphatic carbocycles. The van der Waals surface area contributed by atoms with Gasteiger partial charge in [0.25, 0.3) is 0 Å². The number of rotatable bonds is 3. The minimum atomic E-state index is -1.98. The van der Waals surface area contributed by atoms with E-state index < -0.39 is 5.51 Å². The van der Waals surface area contributed by atoms with Crippen molar-refractivity contribution in [1.82, 2.24) is 9.38 Å². The predicted molar refractivity (Wildman–Crippen MR) is 170 cm³/mol. The van der Waals surface area contributed by atoms with E-state index in [4.69, 9.17) is 4.98 Å². The molecule has 8 rings (SSSR count). The van der Waals surface area contributed by atoms with E-state index in [1.54, 1.807) is 0 Å². The van der Waals surface area contributed by atoms with Crippen LogP contribution in [0.3, 0.4) is 0 Å². The third-order valence-electron chi connectivity index (χ3n) is 7.83. The van der Waals surface area contributed by atoms with Gasteiger partial charge in [0.1, 0.15) is 0 Å². The molecule has 0 fully saturated rings. The molecule has 0 spiro atoms. The van der Waals surface area contributed by atoms with Crippen molar-refractivity contribution in [3.8, 4) is 0 Å². The second kappa shape index (κ2) is 8.76.